The van der Waals surface area contributed by atoms with Crippen LogP contribution in [0, 0.1) is 0 Å². The molecule has 1 atom stereocenters. The third kappa shape index (κ3) is 3.32. The molecule has 0 saturated heterocycles. The van der Waals surface area contributed by atoms with Crippen molar-refractivity contribution in [1.82, 2.24) is 5.32 Å². The molecule has 0 saturated carbocycles. The summed E-state index contributed by atoms with van der Waals surface area (Å²) < 4.78 is 0. The Morgan fingerprint density at radius 3 is 2.94 bits per heavy atom. The number of benzene rings is 1. The largest absolute Gasteiger partial charge is 0.390 e. The zero-order chi connectivity index (χ0) is 12.1. The molecule has 1 aromatic carbocycles. The van der Waals surface area contributed by atoms with Crippen molar-refractivity contribution in [3.8, 4) is 0 Å². The smallest absolute Gasteiger partial charge is 0.145 e. The summed E-state index contributed by atoms with van der Waals surface area (Å²) in [6.07, 6.45) is 2.77. The minimum atomic E-state index is 0.112. The van der Waals surface area contributed by atoms with Crippen molar-refractivity contribution in [2.24, 2.45) is 5.16 Å². The number of rotatable bonds is 5. The molecular formula is C13H15ClN2O. The van der Waals surface area contributed by atoms with Crippen LogP contribution in [0.1, 0.15) is 12.0 Å². The molecule has 0 amide bonds. The quantitative estimate of drug-likeness (QED) is 0.644. The van der Waals surface area contributed by atoms with E-state index in [0.29, 0.717) is 0 Å². The van der Waals surface area contributed by atoms with Gasteiger partial charge in [-0.25, -0.2) is 0 Å². The molecule has 1 unspecified atom stereocenters. The summed E-state index contributed by atoms with van der Waals surface area (Å²) in [6.45, 7) is 5.22. The monoisotopic (exact) mass is 250 g/mol. The van der Waals surface area contributed by atoms with Crippen LogP contribution in [0.2, 0.25) is 5.02 Å². The van der Waals surface area contributed by atoms with E-state index in [4.69, 9.17) is 16.4 Å². The van der Waals surface area contributed by atoms with Gasteiger partial charge in [0.2, 0.25) is 0 Å². The Kier molecular flexibility index (Phi) is 4.18. The summed E-state index contributed by atoms with van der Waals surface area (Å²) >= 11 is 5.84. The van der Waals surface area contributed by atoms with Gasteiger partial charge in [0.1, 0.15) is 6.10 Å². The predicted octanol–water partition coefficient (Wildman–Crippen LogP) is 2.61. The lowest BCUT2D eigenvalue weighted by Crippen LogP contribution is -2.27. The molecule has 0 spiro atoms. The fourth-order valence-electron chi connectivity index (χ4n) is 1.70. The van der Waals surface area contributed by atoms with Gasteiger partial charge in [-0.15, -0.1) is 6.58 Å². The second-order valence-corrected chi connectivity index (χ2v) is 4.36. The number of hydrogen-bond donors (Lipinski definition) is 1. The molecule has 1 aliphatic heterocycles. The van der Waals surface area contributed by atoms with Crippen LogP contribution >= 0.6 is 11.6 Å². The van der Waals surface area contributed by atoms with E-state index in [9.17, 15) is 0 Å². The van der Waals surface area contributed by atoms with E-state index < -0.39 is 0 Å². The van der Waals surface area contributed by atoms with Gasteiger partial charge in [-0.1, -0.05) is 35.0 Å². The molecule has 0 bridgehead atoms. The average molecular weight is 251 g/mol. The molecule has 90 valence electrons. The number of nitrogens with zero attached hydrogens (tertiary/aromatic N) is 1. The first-order chi connectivity index (χ1) is 8.29. The van der Waals surface area contributed by atoms with Crippen molar-refractivity contribution < 1.29 is 4.84 Å². The molecule has 0 fully saturated rings. The molecule has 0 radical (unpaired) electrons. The number of nitrogens with one attached hydrogen (secondary N) is 1. The fraction of sp³-hybridized carbons (Fsp3) is 0.308. The van der Waals surface area contributed by atoms with Gasteiger partial charge >= 0.3 is 0 Å². The molecule has 1 aliphatic rings. The molecule has 4 heteroatoms. The molecule has 3 nitrogen and oxygen atoms in total. The lowest BCUT2D eigenvalue weighted by Gasteiger charge is -2.07. The maximum atomic E-state index is 5.84. The van der Waals surface area contributed by atoms with Gasteiger partial charge < -0.3 is 10.2 Å². The molecule has 1 aromatic rings. The van der Waals surface area contributed by atoms with Crippen molar-refractivity contribution in [2.75, 3.05) is 13.1 Å². The Morgan fingerprint density at radius 2 is 2.24 bits per heavy atom. The van der Waals surface area contributed by atoms with E-state index >= 15 is 0 Å². The van der Waals surface area contributed by atoms with E-state index in [1.807, 2.05) is 30.3 Å². The Morgan fingerprint density at radius 1 is 1.47 bits per heavy atom. The molecular weight excluding hydrogens is 236 g/mol. The molecule has 17 heavy (non-hydrogen) atoms. The second kappa shape index (κ2) is 5.84. The van der Waals surface area contributed by atoms with Gasteiger partial charge in [0.25, 0.3) is 0 Å². The van der Waals surface area contributed by atoms with Crippen molar-refractivity contribution in [3.63, 3.8) is 0 Å². The van der Waals surface area contributed by atoms with E-state index in [-0.39, 0.29) is 6.10 Å². The summed E-state index contributed by atoms with van der Waals surface area (Å²) in [5, 5.41) is 8.06. The van der Waals surface area contributed by atoms with Crippen LogP contribution in [0.4, 0.5) is 0 Å². The van der Waals surface area contributed by atoms with Crippen LogP contribution < -0.4 is 5.32 Å². The maximum absolute atomic E-state index is 5.84. The third-order valence-corrected chi connectivity index (χ3v) is 2.82. The van der Waals surface area contributed by atoms with Gasteiger partial charge in [0.15, 0.2) is 0 Å². The van der Waals surface area contributed by atoms with E-state index in [1.54, 1.807) is 0 Å². The predicted molar refractivity (Wildman–Crippen MR) is 70.5 cm³/mol. The van der Waals surface area contributed by atoms with Gasteiger partial charge in [0.05, 0.1) is 5.71 Å². The Labute approximate surface area is 106 Å². The summed E-state index contributed by atoms with van der Waals surface area (Å²) in [6, 6.07) is 7.65. The van der Waals surface area contributed by atoms with Crippen molar-refractivity contribution in [2.45, 2.75) is 12.5 Å². The highest BCUT2D eigenvalue weighted by Crippen LogP contribution is 2.18. The maximum Gasteiger partial charge on any atom is 0.145 e. The van der Waals surface area contributed by atoms with Crippen LogP contribution in [-0.2, 0) is 4.84 Å². The summed E-state index contributed by atoms with van der Waals surface area (Å²) in [5.74, 6) is 0. The molecule has 0 aromatic heterocycles. The highest BCUT2D eigenvalue weighted by molar-refractivity contribution is 6.30. The number of hydrogen-bond acceptors (Lipinski definition) is 3. The first-order valence-electron chi connectivity index (χ1n) is 5.60. The van der Waals surface area contributed by atoms with Crippen LogP contribution in [0.25, 0.3) is 0 Å². The highest BCUT2D eigenvalue weighted by Gasteiger charge is 2.21. The Bertz CT molecular complexity index is 414. The zero-order valence-corrected chi connectivity index (χ0v) is 10.3. The zero-order valence-electron chi connectivity index (χ0n) is 9.53. The van der Waals surface area contributed by atoms with Crippen molar-refractivity contribution in [1.29, 1.82) is 0 Å². The van der Waals surface area contributed by atoms with Crippen LogP contribution in [0.3, 0.4) is 0 Å². The van der Waals surface area contributed by atoms with E-state index in [0.717, 1.165) is 35.8 Å². The topological polar surface area (TPSA) is 33.6 Å². The van der Waals surface area contributed by atoms with Gasteiger partial charge in [-0.3, -0.25) is 0 Å². The Balaban J connectivity index is 1.88. The van der Waals surface area contributed by atoms with Crippen LogP contribution in [0.15, 0.2) is 42.1 Å². The van der Waals surface area contributed by atoms with Crippen LogP contribution in [-0.4, -0.2) is 24.9 Å². The van der Waals surface area contributed by atoms with Gasteiger partial charge in [-0.2, -0.15) is 0 Å². The molecule has 1 N–H and O–H groups in total. The average Bonchev–Trinajstić information content (AvgIpc) is 2.79. The third-order valence-electron chi connectivity index (χ3n) is 2.57. The molecule has 0 aliphatic carbocycles. The van der Waals surface area contributed by atoms with Gasteiger partial charge in [-0.05, 0) is 17.7 Å². The minimum Gasteiger partial charge on any atom is -0.390 e. The fourth-order valence-corrected chi connectivity index (χ4v) is 1.82. The van der Waals surface area contributed by atoms with Crippen molar-refractivity contribution in [3.05, 3.63) is 47.5 Å². The second-order valence-electron chi connectivity index (χ2n) is 3.92. The highest BCUT2D eigenvalue weighted by atomic mass is 35.5. The molecule has 1 heterocycles. The Hall–Kier alpha value is -1.32. The van der Waals surface area contributed by atoms with Gasteiger partial charge in [0, 0.05) is 24.5 Å². The summed E-state index contributed by atoms with van der Waals surface area (Å²) in [5.41, 5.74) is 2.05. The van der Waals surface area contributed by atoms with E-state index in [2.05, 4.69) is 17.1 Å². The van der Waals surface area contributed by atoms with Crippen molar-refractivity contribution >= 4 is 17.3 Å². The van der Waals surface area contributed by atoms with Crippen LogP contribution in [0.5, 0.6) is 0 Å². The lowest BCUT2D eigenvalue weighted by molar-refractivity contribution is 0.0859. The lowest BCUT2D eigenvalue weighted by atomic mass is 10.1. The normalized spacial score (nSPS) is 18.6. The minimum absolute atomic E-state index is 0.112. The summed E-state index contributed by atoms with van der Waals surface area (Å²) in [7, 11) is 0. The first kappa shape index (κ1) is 12.1. The van der Waals surface area contributed by atoms with E-state index in [1.165, 1.54) is 0 Å². The summed E-state index contributed by atoms with van der Waals surface area (Å²) in [4.78, 5) is 5.35. The molecule has 2 rings (SSSR count). The standard InChI is InChI=1S/C13H15ClN2O/c1-2-7-15-9-12-8-13(16-17-12)10-3-5-11(14)6-4-10/h2-6,12,15H,1,7-9H2. The first-order valence-corrected chi connectivity index (χ1v) is 5.97. The number of halogens is 1. The SMILES string of the molecule is C=CCNCC1CC(c2ccc(Cl)cc2)=NO1. The number of oxime groups is 1.